The summed E-state index contributed by atoms with van der Waals surface area (Å²) in [5, 5.41) is 4.67. The van der Waals surface area contributed by atoms with Gasteiger partial charge in [0.25, 0.3) is 0 Å². The number of allylic oxidation sites excluding steroid dienone is 1. The third-order valence-corrected chi connectivity index (χ3v) is 9.23. The van der Waals surface area contributed by atoms with Crippen LogP contribution in [0.5, 0.6) is 5.75 Å². The average molecular weight is 643 g/mol. The van der Waals surface area contributed by atoms with Crippen molar-refractivity contribution in [2.24, 2.45) is 5.41 Å². The molecule has 1 atom stereocenters. The number of carbonyl (C=O) groups is 1. The molecule has 1 aromatic carbocycles. The van der Waals surface area contributed by atoms with E-state index < -0.39 is 11.7 Å². The van der Waals surface area contributed by atoms with Crippen molar-refractivity contribution in [1.29, 1.82) is 0 Å². The van der Waals surface area contributed by atoms with Crippen LogP contribution in [0, 0.1) is 19.3 Å². The van der Waals surface area contributed by atoms with Crippen molar-refractivity contribution in [3.05, 3.63) is 70.9 Å². The van der Waals surface area contributed by atoms with E-state index in [-0.39, 0.29) is 11.3 Å². The lowest BCUT2D eigenvalue weighted by molar-refractivity contribution is 0.000859. The third-order valence-electron chi connectivity index (χ3n) is 9.23. The van der Waals surface area contributed by atoms with Crippen LogP contribution in [0.2, 0.25) is 0 Å². The number of anilines is 1. The number of aromatic nitrogens is 3. The van der Waals surface area contributed by atoms with Crippen molar-refractivity contribution < 1.29 is 23.8 Å². The number of likely N-dealkylation sites (tertiary alicyclic amines) is 2. The minimum atomic E-state index is -0.589. The number of carbonyl (C=O) groups excluding carboxylic acids is 2. The third kappa shape index (κ3) is 7.38. The Hall–Kier alpha value is -4.18. The van der Waals surface area contributed by atoms with Gasteiger partial charge in [0.1, 0.15) is 12.2 Å². The molecule has 11 nitrogen and oxygen atoms in total. The van der Waals surface area contributed by atoms with Crippen LogP contribution < -0.4 is 9.64 Å². The SMILES string of the molecule is COC(=C=O)C[C@H](CN1CCC2(C1)CN(Cc1ccc3c(n1)N(C(=O)OC(C)(C)C)CCO3)C2)c1cccc(-n2nc(C)cc2C)c1. The second-order valence-electron chi connectivity index (χ2n) is 14.3. The lowest BCUT2D eigenvalue weighted by Crippen LogP contribution is -2.57. The van der Waals surface area contributed by atoms with Gasteiger partial charge in [0.05, 0.1) is 30.7 Å². The summed E-state index contributed by atoms with van der Waals surface area (Å²) in [5.74, 6) is 3.54. The van der Waals surface area contributed by atoms with Crippen molar-refractivity contribution in [3.8, 4) is 11.4 Å². The van der Waals surface area contributed by atoms with Gasteiger partial charge in [-0.3, -0.25) is 9.80 Å². The lowest BCUT2D eigenvalue weighted by atomic mass is 9.79. The first kappa shape index (κ1) is 32.7. The number of methoxy groups -OCH3 is 1. The number of rotatable bonds is 9. The molecule has 250 valence electrons. The summed E-state index contributed by atoms with van der Waals surface area (Å²) in [6.07, 6.45) is 1.21. The van der Waals surface area contributed by atoms with Crippen LogP contribution in [0.4, 0.5) is 10.6 Å². The predicted octanol–water partition coefficient (Wildman–Crippen LogP) is 5.06. The van der Waals surface area contributed by atoms with Gasteiger partial charge < -0.3 is 19.1 Å². The molecule has 3 aromatic rings. The molecule has 11 heteroatoms. The number of ether oxygens (including phenoxy) is 3. The predicted molar refractivity (Wildman–Crippen MR) is 179 cm³/mol. The Bertz CT molecular complexity index is 1670. The maximum absolute atomic E-state index is 12.9. The zero-order chi connectivity index (χ0) is 33.3. The number of hydrogen-bond acceptors (Lipinski definition) is 9. The summed E-state index contributed by atoms with van der Waals surface area (Å²) < 4.78 is 18.8. The average Bonchev–Trinajstić information content (AvgIpc) is 3.60. The molecule has 3 aliphatic heterocycles. The topological polar surface area (TPSA) is 102 Å². The van der Waals surface area contributed by atoms with Crippen molar-refractivity contribution in [2.75, 3.05) is 57.9 Å². The number of hydrogen-bond donors (Lipinski definition) is 0. The van der Waals surface area contributed by atoms with Gasteiger partial charge in [0.2, 0.25) is 0 Å². The molecule has 0 radical (unpaired) electrons. The van der Waals surface area contributed by atoms with Gasteiger partial charge in [-0.1, -0.05) is 12.1 Å². The summed E-state index contributed by atoms with van der Waals surface area (Å²) in [4.78, 5) is 35.9. The molecular formula is C36H46N6O5. The number of nitrogens with zero attached hydrogens (tertiary/aromatic N) is 6. The van der Waals surface area contributed by atoms with E-state index in [0.29, 0.717) is 43.4 Å². The minimum Gasteiger partial charge on any atom is -0.490 e. The van der Waals surface area contributed by atoms with Crippen molar-refractivity contribution in [2.45, 2.75) is 65.5 Å². The molecule has 0 N–H and O–H groups in total. The Balaban J connectivity index is 1.10. The molecule has 0 unspecified atom stereocenters. The van der Waals surface area contributed by atoms with E-state index in [4.69, 9.17) is 19.2 Å². The monoisotopic (exact) mass is 642 g/mol. The van der Waals surface area contributed by atoms with Crippen LogP contribution in [0.3, 0.4) is 0 Å². The lowest BCUT2D eigenvalue weighted by Gasteiger charge is -2.48. The smallest absolute Gasteiger partial charge is 0.416 e. The number of aryl methyl sites for hydroxylation is 2. The fourth-order valence-corrected chi connectivity index (χ4v) is 7.19. The van der Waals surface area contributed by atoms with E-state index in [9.17, 15) is 9.59 Å². The van der Waals surface area contributed by atoms with Gasteiger partial charge in [0, 0.05) is 56.2 Å². The molecule has 0 bridgehead atoms. The molecule has 2 fully saturated rings. The minimum absolute atomic E-state index is 0.0736. The standard InChI is InChI=1S/C36H46N6O5/c1-25-16-26(2)42(38-25)30-9-7-8-27(17-30)28(18-31(21-43)45-6)19-39-13-12-36(22-39)23-40(24-36)20-29-10-11-32-33(37-29)41(14-15-46-32)34(44)47-35(3,4)5/h7-11,16-17,28H,12-15,18-20,22-24H2,1-6H3/t28-/m1/s1. The molecule has 3 aliphatic rings. The van der Waals surface area contributed by atoms with E-state index in [1.807, 2.05) is 50.5 Å². The van der Waals surface area contributed by atoms with Crippen molar-refractivity contribution in [3.63, 3.8) is 0 Å². The molecule has 2 saturated heterocycles. The van der Waals surface area contributed by atoms with Crippen LogP contribution in [-0.4, -0.2) is 95.2 Å². The van der Waals surface area contributed by atoms with Gasteiger partial charge >= 0.3 is 6.09 Å². The second-order valence-corrected chi connectivity index (χ2v) is 14.3. The van der Waals surface area contributed by atoms with Gasteiger partial charge in [-0.25, -0.2) is 19.3 Å². The molecule has 5 heterocycles. The van der Waals surface area contributed by atoms with Crippen LogP contribution in [-0.2, 0) is 20.8 Å². The van der Waals surface area contributed by atoms with Crippen LogP contribution in [0.25, 0.3) is 5.69 Å². The molecule has 0 aliphatic carbocycles. The molecule has 1 amide bonds. The Kier molecular flexibility index (Phi) is 9.16. The summed E-state index contributed by atoms with van der Waals surface area (Å²) in [6, 6.07) is 14.4. The Labute approximate surface area is 277 Å². The quantitative estimate of drug-likeness (QED) is 0.234. The summed E-state index contributed by atoms with van der Waals surface area (Å²) in [5.41, 5.74) is 4.77. The summed E-state index contributed by atoms with van der Waals surface area (Å²) in [7, 11) is 1.54. The first-order chi connectivity index (χ1) is 22.4. The molecule has 0 saturated carbocycles. The summed E-state index contributed by atoms with van der Waals surface area (Å²) >= 11 is 0. The van der Waals surface area contributed by atoms with E-state index in [2.05, 4.69) is 52.2 Å². The molecular weight excluding hydrogens is 596 g/mol. The first-order valence-electron chi connectivity index (χ1n) is 16.4. The van der Waals surface area contributed by atoms with Gasteiger partial charge in [-0.05, 0) is 83.5 Å². The van der Waals surface area contributed by atoms with Gasteiger partial charge in [-0.2, -0.15) is 5.10 Å². The van der Waals surface area contributed by atoms with E-state index in [1.165, 1.54) is 7.11 Å². The largest absolute Gasteiger partial charge is 0.490 e. The Morgan fingerprint density at radius 1 is 1.09 bits per heavy atom. The fraction of sp³-hybridized carbons (Fsp3) is 0.528. The molecule has 6 rings (SSSR count). The maximum Gasteiger partial charge on any atom is 0.416 e. The Morgan fingerprint density at radius 2 is 1.87 bits per heavy atom. The number of fused-ring (bicyclic) bond motifs is 1. The fourth-order valence-electron chi connectivity index (χ4n) is 7.19. The molecule has 2 aromatic heterocycles. The van der Waals surface area contributed by atoms with Crippen LogP contribution in [0.15, 0.2) is 48.2 Å². The van der Waals surface area contributed by atoms with Crippen LogP contribution >= 0.6 is 0 Å². The van der Waals surface area contributed by atoms with Crippen LogP contribution in [0.1, 0.15) is 62.2 Å². The normalized spacial score (nSPS) is 18.2. The van der Waals surface area contributed by atoms with E-state index in [1.54, 1.807) is 4.90 Å². The number of benzene rings is 1. The number of amides is 1. The highest BCUT2D eigenvalue weighted by Gasteiger charge is 2.47. The van der Waals surface area contributed by atoms with E-state index in [0.717, 1.165) is 67.5 Å². The number of pyridine rings is 1. The second kappa shape index (κ2) is 13.1. The maximum atomic E-state index is 12.9. The highest BCUT2D eigenvalue weighted by atomic mass is 16.6. The molecule has 1 spiro atoms. The van der Waals surface area contributed by atoms with Crippen molar-refractivity contribution in [1.82, 2.24) is 24.6 Å². The Morgan fingerprint density at radius 3 is 2.57 bits per heavy atom. The first-order valence-corrected chi connectivity index (χ1v) is 16.4. The van der Waals surface area contributed by atoms with E-state index >= 15 is 0 Å². The zero-order valence-corrected chi connectivity index (χ0v) is 28.4. The van der Waals surface area contributed by atoms with Gasteiger partial charge in [-0.15, -0.1) is 0 Å². The van der Waals surface area contributed by atoms with Crippen molar-refractivity contribution >= 4 is 17.9 Å². The summed E-state index contributed by atoms with van der Waals surface area (Å²) in [6.45, 7) is 16.0. The highest BCUT2D eigenvalue weighted by molar-refractivity contribution is 5.89. The zero-order valence-electron chi connectivity index (χ0n) is 28.4. The molecule has 47 heavy (non-hydrogen) atoms. The van der Waals surface area contributed by atoms with Gasteiger partial charge in [0.15, 0.2) is 23.3 Å². The highest BCUT2D eigenvalue weighted by Crippen LogP contribution is 2.42.